The third-order valence-electron chi connectivity index (χ3n) is 2.73. The molecule has 2 N–H and O–H groups in total. The molecule has 110 valence electrons. The Hall–Kier alpha value is -1.64. The van der Waals surface area contributed by atoms with E-state index in [9.17, 15) is 9.00 Å². The van der Waals surface area contributed by atoms with E-state index in [-0.39, 0.29) is 12.5 Å². The molecule has 20 heavy (non-hydrogen) atoms. The zero-order valence-electron chi connectivity index (χ0n) is 10.6. The number of anilines is 1. The number of aliphatic hydroxyl groups is 1. The first-order valence-corrected chi connectivity index (χ1v) is 7.27. The van der Waals surface area contributed by atoms with E-state index >= 15 is 0 Å². The second kappa shape index (κ2) is 6.69. The van der Waals surface area contributed by atoms with E-state index in [4.69, 9.17) is 19.1 Å². The van der Waals surface area contributed by atoms with Gasteiger partial charge in [0.1, 0.15) is 17.4 Å². The van der Waals surface area contributed by atoms with Crippen LogP contribution in [0.3, 0.4) is 0 Å². The first-order chi connectivity index (χ1) is 9.65. The molecule has 8 heteroatoms. The fourth-order valence-corrected chi connectivity index (χ4v) is 2.38. The second-order valence-electron chi connectivity index (χ2n) is 4.12. The zero-order valence-corrected chi connectivity index (χ0v) is 11.4. The summed E-state index contributed by atoms with van der Waals surface area (Å²) in [7, 11) is 0. The van der Waals surface area contributed by atoms with E-state index in [0.717, 1.165) is 0 Å². The van der Waals surface area contributed by atoms with Gasteiger partial charge in [0.25, 0.3) is 0 Å². The SMILES string of the molecule is O=CC1Oc2ccc(OCCCO)cc2N1CS(=O)O. The normalized spacial score (nSPS) is 18.3. The molecule has 0 bridgehead atoms. The first kappa shape index (κ1) is 14.8. The average molecular weight is 301 g/mol. The first-order valence-electron chi connectivity index (χ1n) is 5.99. The van der Waals surface area contributed by atoms with Crippen molar-refractivity contribution >= 4 is 23.1 Å². The van der Waals surface area contributed by atoms with Crippen molar-refractivity contribution in [2.75, 3.05) is 24.0 Å². The topological polar surface area (TPSA) is 96.3 Å². The number of benzene rings is 1. The Bertz CT molecular complexity index is 509. The Labute approximate surface area is 118 Å². The quantitative estimate of drug-likeness (QED) is 0.426. The highest BCUT2D eigenvalue weighted by molar-refractivity contribution is 7.79. The molecular formula is C12H15NO6S. The van der Waals surface area contributed by atoms with Gasteiger partial charge < -0.3 is 24.0 Å². The zero-order chi connectivity index (χ0) is 14.5. The number of hydrogen-bond acceptors (Lipinski definition) is 6. The Morgan fingerprint density at radius 2 is 2.30 bits per heavy atom. The van der Waals surface area contributed by atoms with Crippen molar-refractivity contribution < 1.29 is 28.1 Å². The summed E-state index contributed by atoms with van der Waals surface area (Å²) in [4.78, 5) is 12.4. The Balaban J connectivity index is 2.18. The maximum absolute atomic E-state index is 11.0. The minimum absolute atomic E-state index is 0.0386. The minimum Gasteiger partial charge on any atom is -0.493 e. The van der Waals surface area contributed by atoms with Crippen LogP contribution in [0.1, 0.15) is 6.42 Å². The van der Waals surface area contributed by atoms with E-state index in [0.29, 0.717) is 36.5 Å². The highest BCUT2D eigenvalue weighted by atomic mass is 32.2. The van der Waals surface area contributed by atoms with Crippen molar-refractivity contribution in [3.8, 4) is 11.5 Å². The number of hydrogen-bond donors (Lipinski definition) is 2. The van der Waals surface area contributed by atoms with Gasteiger partial charge in [-0.15, -0.1) is 0 Å². The van der Waals surface area contributed by atoms with Gasteiger partial charge >= 0.3 is 0 Å². The average Bonchev–Trinajstić information content (AvgIpc) is 2.76. The minimum atomic E-state index is -2.09. The molecule has 1 aromatic rings. The summed E-state index contributed by atoms with van der Waals surface area (Å²) >= 11 is -2.09. The number of carbonyl (C=O) groups excluding carboxylic acids is 1. The molecule has 1 aliphatic rings. The van der Waals surface area contributed by atoms with Crippen molar-refractivity contribution in [2.45, 2.75) is 12.6 Å². The van der Waals surface area contributed by atoms with Gasteiger partial charge in [-0.25, -0.2) is 4.21 Å². The molecule has 1 heterocycles. The molecule has 2 atom stereocenters. The number of nitrogens with zero attached hydrogens (tertiary/aromatic N) is 1. The standard InChI is InChI=1S/C12H15NO6S/c14-4-1-5-18-9-2-3-11-10(6-9)13(8-20(16)17)12(7-15)19-11/h2-3,6-7,12,14H,1,4-5,8H2,(H,16,17). The van der Waals surface area contributed by atoms with Gasteiger partial charge in [0, 0.05) is 19.1 Å². The lowest BCUT2D eigenvalue weighted by atomic mass is 10.2. The summed E-state index contributed by atoms with van der Waals surface area (Å²) in [5.41, 5.74) is 0.533. The van der Waals surface area contributed by atoms with Crippen molar-refractivity contribution in [2.24, 2.45) is 0 Å². The molecular weight excluding hydrogens is 286 g/mol. The fourth-order valence-electron chi connectivity index (χ4n) is 1.86. The van der Waals surface area contributed by atoms with Crippen LogP contribution in [0.15, 0.2) is 18.2 Å². The lowest BCUT2D eigenvalue weighted by molar-refractivity contribution is -0.113. The third kappa shape index (κ3) is 3.27. The van der Waals surface area contributed by atoms with Crippen molar-refractivity contribution in [3.05, 3.63) is 18.2 Å². The van der Waals surface area contributed by atoms with E-state index in [2.05, 4.69) is 0 Å². The van der Waals surface area contributed by atoms with Crippen LogP contribution in [0.2, 0.25) is 0 Å². The molecule has 0 aliphatic carbocycles. The largest absolute Gasteiger partial charge is 0.493 e. The van der Waals surface area contributed by atoms with E-state index in [1.54, 1.807) is 18.2 Å². The Morgan fingerprint density at radius 3 is 2.95 bits per heavy atom. The van der Waals surface area contributed by atoms with E-state index in [1.807, 2.05) is 0 Å². The summed E-state index contributed by atoms with van der Waals surface area (Å²) in [5.74, 6) is 0.777. The maximum atomic E-state index is 11.0. The summed E-state index contributed by atoms with van der Waals surface area (Å²) in [5, 5.41) is 8.70. The van der Waals surface area contributed by atoms with Crippen LogP contribution < -0.4 is 14.4 Å². The summed E-state index contributed by atoms with van der Waals surface area (Å²) < 4.78 is 30.7. The van der Waals surface area contributed by atoms with E-state index < -0.39 is 17.3 Å². The van der Waals surface area contributed by atoms with Gasteiger partial charge in [-0.3, -0.25) is 4.79 Å². The molecule has 1 aliphatic heterocycles. The van der Waals surface area contributed by atoms with Crippen molar-refractivity contribution in [1.29, 1.82) is 0 Å². The van der Waals surface area contributed by atoms with Gasteiger partial charge in [-0.2, -0.15) is 0 Å². The van der Waals surface area contributed by atoms with E-state index in [1.165, 1.54) is 4.90 Å². The number of aldehydes is 1. The number of rotatable bonds is 7. The number of aliphatic hydroxyl groups excluding tert-OH is 1. The van der Waals surface area contributed by atoms with Crippen LogP contribution in [0.4, 0.5) is 5.69 Å². The monoisotopic (exact) mass is 301 g/mol. The molecule has 0 radical (unpaired) electrons. The van der Waals surface area contributed by atoms with Crippen LogP contribution >= 0.6 is 0 Å². The Kier molecular flexibility index (Phi) is 4.94. The smallest absolute Gasteiger partial charge is 0.229 e. The van der Waals surface area contributed by atoms with Gasteiger partial charge in [0.05, 0.1) is 12.3 Å². The van der Waals surface area contributed by atoms with Crippen LogP contribution in [0.25, 0.3) is 0 Å². The van der Waals surface area contributed by atoms with Crippen LogP contribution in [0, 0.1) is 0 Å². The highest BCUT2D eigenvalue weighted by Gasteiger charge is 2.32. The number of fused-ring (bicyclic) bond motifs is 1. The molecule has 0 saturated carbocycles. The number of ether oxygens (including phenoxy) is 2. The molecule has 2 unspecified atom stereocenters. The molecule has 0 fully saturated rings. The van der Waals surface area contributed by atoms with Gasteiger partial charge in [0.2, 0.25) is 6.23 Å². The predicted octanol–water partition coefficient (Wildman–Crippen LogP) is 0.351. The van der Waals surface area contributed by atoms with Gasteiger partial charge in [-0.05, 0) is 12.1 Å². The third-order valence-corrected chi connectivity index (χ3v) is 3.23. The van der Waals surface area contributed by atoms with Crippen molar-refractivity contribution in [3.63, 3.8) is 0 Å². The summed E-state index contributed by atoms with van der Waals surface area (Å²) in [6, 6.07) is 4.96. The highest BCUT2D eigenvalue weighted by Crippen LogP contribution is 2.39. The van der Waals surface area contributed by atoms with Gasteiger partial charge in [-0.1, -0.05) is 0 Å². The van der Waals surface area contributed by atoms with Crippen LogP contribution in [-0.2, 0) is 15.9 Å². The molecule has 2 rings (SSSR count). The van der Waals surface area contributed by atoms with Crippen LogP contribution in [0.5, 0.6) is 11.5 Å². The molecule has 0 spiro atoms. The summed E-state index contributed by atoms with van der Waals surface area (Å²) in [6.07, 6.45) is 0.169. The fraction of sp³-hybridized carbons (Fsp3) is 0.417. The molecule has 1 aromatic carbocycles. The lowest BCUT2D eigenvalue weighted by Crippen LogP contribution is -2.38. The predicted molar refractivity (Wildman–Crippen MR) is 72.2 cm³/mol. The molecule has 7 nitrogen and oxygen atoms in total. The lowest BCUT2D eigenvalue weighted by Gasteiger charge is -2.19. The maximum Gasteiger partial charge on any atom is 0.229 e. The van der Waals surface area contributed by atoms with Crippen LogP contribution in [-0.4, -0.2) is 45.5 Å². The van der Waals surface area contributed by atoms with Gasteiger partial charge in [0.15, 0.2) is 17.4 Å². The Morgan fingerprint density at radius 1 is 1.50 bits per heavy atom. The van der Waals surface area contributed by atoms with Crippen molar-refractivity contribution in [1.82, 2.24) is 0 Å². The molecule has 0 saturated heterocycles. The summed E-state index contributed by atoms with van der Waals surface area (Å²) in [6.45, 7) is 0.399. The number of carbonyl (C=O) groups is 1. The molecule has 0 amide bonds. The molecule has 0 aromatic heterocycles. The second-order valence-corrected chi connectivity index (χ2v) is 5.02.